The fourth-order valence-corrected chi connectivity index (χ4v) is 1.07. The van der Waals surface area contributed by atoms with Crippen LogP contribution in [0.15, 0.2) is 0 Å². The van der Waals surface area contributed by atoms with Gasteiger partial charge in [0.05, 0.1) is 0 Å². The third-order valence-electron chi connectivity index (χ3n) is 2.69. The number of amides is 1. The minimum absolute atomic E-state index is 0.0550. The van der Waals surface area contributed by atoms with Gasteiger partial charge in [-0.1, -0.05) is 27.7 Å². The Hall–Kier alpha value is -0.570. The monoisotopic (exact) mass is 200 g/mol. The molecule has 2 N–H and O–H groups in total. The molecule has 3 heteroatoms. The quantitative estimate of drug-likeness (QED) is 0.677. The highest BCUT2D eigenvalue weighted by Crippen LogP contribution is 2.07. The third kappa shape index (κ3) is 5.22. The summed E-state index contributed by atoms with van der Waals surface area (Å²) in [5, 5.41) is 5.97. The van der Waals surface area contributed by atoms with Crippen molar-refractivity contribution in [3.8, 4) is 0 Å². The average molecular weight is 200 g/mol. The van der Waals surface area contributed by atoms with Gasteiger partial charge in [0.1, 0.15) is 0 Å². The van der Waals surface area contributed by atoms with Crippen LogP contribution in [-0.4, -0.2) is 26.0 Å². The van der Waals surface area contributed by atoms with Crippen LogP contribution in [0.25, 0.3) is 0 Å². The van der Waals surface area contributed by atoms with Gasteiger partial charge in [-0.15, -0.1) is 0 Å². The minimum Gasteiger partial charge on any atom is -0.356 e. The normalized spacial score (nSPS) is 15.3. The van der Waals surface area contributed by atoms with Crippen molar-refractivity contribution in [3.05, 3.63) is 0 Å². The Labute approximate surface area is 87.6 Å². The fraction of sp³-hybridized carbons (Fsp3) is 0.909. The molecule has 0 fully saturated rings. The highest BCUT2D eigenvalue weighted by Gasteiger charge is 2.13. The predicted molar refractivity (Wildman–Crippen MR) is 60.1 cm³/mol. The van der Waals surface area contributed by atoms with Crippen LogP contribution in [0.1, 0.15) is 27.7 Å². The van der Waals surface area contributed by atoms with Gasteiger partial charge in [0, 0.05) is 19.0 Å². The maximum atomic E-state index is 11.5. The molecule has 0 heterocycles. The van der Waals surface area contributed by atoms with Crippen LogP contribution < -0.4 is 10.6 Å². The van der Waals surface area contributed by atoms with Gasteiger partial charge in [-0.05, 0) is 18.9 Å². The lowest BCUT2D eigenvalue weighted by molar-refractivity contribution is -0.124. The van der Waals surface area contributed by atoms with Gasteiger partial charge in [-0.3, -0.25) is 4.79 Å². The van der Waals surface area contributed by atoms with Gasteiger partial charge in [0.25, 0.3) is 0 Å². The molecule has 0 spiro atoms. The molecule has 0 aromatic heterocycles. The second kappa shape index (κ2) is 6.82. The predicted octanol–water partition coefficient (Wildman–Crippen LogP) is 1.25. The van der Waals surface area contributed by atoms with Gasteiger partial charge in [-0.25, -0.2) is 0 Å². The van der Waals surface area contributed by atoms with Gasteiger partial charge < -0.3 is 10.6 Å². The van der Waals surface area contributed by atoms with E-state index in [4.69, 9.17) is 0 Å². The standard InChI is InChI=1S/C11H24N2O/c1-8(2)9(3)7-13-11(14)10(4)6-12-5/h8-10,12H,6-7H2,1-5H3,(H,13,14). The molecule has 0 aromatic rings. The highest BCUT2D eigenvalue weighted by atomic mass is 16.1. The zero-order valence-electron chi connectivity index (χ0n) is 10.1. The van der Waals surface area contributed by atoms with Crippen molar-refractivity contribution in [1.29, 1.82) is 0 Å². The summed E-state index contributed by atoms with van der Waals surface area (Å²) < 4.78 is 0. The Morgan fingerprint density at radius 2 is 1.71 bits per heavy atom. The van der Waals surface area contributed by atoms with E-state index in [1.54, 1.807) is 0 Å². The molecule has 0 bridgehead atoms. The van der Waals surface area contributed by atoms with E-state index in [0.29, 0.717) is 11.8 Å². The minimum atomic E-state index is 0.0550. The van der Waals surface area contributed by atoms with Crippen LogP contribution in [0, 0.1) is 17.8 Å². The van der Waals surface area contributed by atoms with Crippen LogP contribution in [0.2, 0.25) is 0 Å². The first-order valence-electron chi connectivity index (χ1n) is 5.41. The van der Waals surface area contributed by atoms with Crippen molar-refractivity contribution in [1.82, 2.24) is 10.6 Å². The van der Waals surface area contributed by atoms with E-state index >= 15 is 0 Å². The molecule has 2 atom stereocenters. The second-order valence-corrected chi connectivity index (χ2v) is 4.43. The fourth-order valence-electron chi connectivity index (χ4n) is 1.07. The maximum absolute atomic E-state index is 11.5. The SMILES string of the molecule is CNCC(C)C(=O)NCC(C)C(C)C. The molecular weight excluding hydrogens is 176 g/mol. The molecule has 0 aromatic carbocycles. The van der Waals surface area contributed by atoms with Crippen molar-refractivity contribution in [2.75, 3.05) is 20.1 Å². The third-order valence-corrected chi connectivity index (χ3v) is 2.69. The largest absolute Gasteiger partial charge is 0.356 e. The topological polar surface area (TPSA) is 41.1 Å². The molecule has 0 radical (unpaired) electrons. The average Bonchev–Trinajstić information content (AvgIpc) is 2.13. The molecule has 0 aliphatic rings. The van der Waals surface area contributed by atoms with Gasteiger partial charge in [0.15, 0.2) is 0 Å². The van der Waals surface area contributed by atoms with Crippen molar-refractivity contribution < 1.29 is 4.79 Å². The Kier molecular flexibility index (Phi) is 6.54. The number of nitrogens with one attached hydrogen (secondary N) is 2. The van der Waals surface area contributed by atoms with Gasteiger partial charge in [-0.2, -0.15) is 0 Å². The van der Waals surface area contributed by atoms with Gasteiger partial charge in [0.2, 0.25) is 5.91 Å². The molecule has 0 aliphatic carbocycles. The molecule has 0 saturated carbocycles. The summed E-state index contributed by atoms with van der Waals surface area (Å²) in [6.45, 7) is 9.97. The molecule has 0 saturated heterocycles. The summed E-state index contributed by atoms with van der Waals surface area (Å²) in [5.74, 6) is 1.36. The Morgan fingerprint density at radius 1 is 1.14 bits per heavy atom. The van der Waals surface area contributed by atoms with E-state index < -0.39 is 0 Å². The van der Waals surface area contributed by atoms with E-state index in [-0.39, 0.29) is 11.8 Å². The Morgan fingerprint density at radius 3 is 2.14 bits per heavy atom. The molecular formula is C11H24N2O. The summed E-state index contributed by atoms with van der Waals surface area (Å²) in [7, 11) is 1.86. The second-order valence-electron chi connectivity index (χ2n) is 4.43. The summed E-state index contributed by atoms with van der Waals surface area (Å²) in [6, 6.07) is 0. The van der Waals surface area contributed by atoms with Gasteiger partial charge >= 0.3 is 0 Å². The van der Waals surface area contributed by atoms with E-state index in [2.05, 4.69) is 31.4 Å². The number of hydrogen-bond acceptors (Lipinski definition) is 2. The van der Waals surface area contributed by atoms with E-state index in [0.717, 1.165) is 13.1 Å². The summed E-state index contributed by atoms with van der Waals surface area (Å²) in [6.07, 6.45) is 0. The smallest absolute Gasteiger partial charge is 0.224 e. The van der Waals surface area contributed by atoms with Crippen molar-refractivity contribution in [2.45, 2.75) is 27.7 Å². The maximum Gasteiger partial charge on any atom is 0.224 e. The van der Waals surface area contributed by atoms with Crippen LogP contribution in [-0.2, 0) is 4.79 Å². The molecule has 3 nitrogen and oxygen atoms in total. The summed E-state index contributed by atoms with van der Waals surface area (Å²) >= 11 is 0. The van der Waals surface area contributed by atoms with E-state index in [1.807, 2.05) is 14.0 Å². The molecule has 0 rings (SSSR count). The molecule has 0 aliphatic heterocycles. The van der Waals surface area contributed by atoms with E-state index in [1.165, 1.54) is 0 Å². The number of hydrogen-bond donors (Lipinski definition) is 2. The van der Waals surface area contributed by atoms with Crippen LogP contribution in [0.5, 0.6) is 0 Å². The zero-order chi connectivity index (χ0) is 11.1. The number of rotatable bonds is 6. The molecule has 84 valence electrons. The number of carbonyl (C=O) groups excluding carboxylic acids is 1. The Bertz CT molecular complexity index is 169. The zero-order valence-corrected chi connectivity index (χ0v) is 10.1. The first-order valence-corrected chi connectivity index (χ1v) is 5.41. The lowest BCUT2D eigenvalue weighted by Gasteiger charge is -2.18. The van der Waals surface area contributed by atoms with E-state index in [9.17, 15) is 4.79 Å². The van der Waals surface area contributed by atoms with Crippen LogP contribution in [0.3, 0.4) is 0 Å². The van der Waals surface area contributed by atoms with Crippen molar-refractivity contribution in [2.24, 2.45) is 17.8 Å². The summed E-state index contributed by atoms with van der Waals surface area (Å²) in [4.78, 5) is 11.5. The Balaban J connectivity index is 3.73. The lowest BCUT2D eigenvalue weighted by Crippen LogP contribution is -2.37. The summed E-state index contributed by atoms with van der Waals surface area (Å²) in [5.41, 5.74) is 0. The first-order chi connectivity index (χ1) is 6.49. The van der Waals surface area contributed by atoms with Crippen molar-refractivity contribution >= 4 is 5.91 Å². The van der Waals surface area contributed by atoms with Crippen LogP contribution in [0.4, 0.5) is 0 Å². The first kappa shape index (κ1) is 13.4. The molecule has 1 amide bonds. The lowest BCUT2D eigenvalue weighted by atomic mass is 9.98. The highest BCUT2D eigenvalue weighted by molar-refractivity contribution is 5.78. The number of carbonyl (C=O) groups is 1. The van der Waals surface area contributed by atoms with Crippen molar-refractivity contribution in [3.63, 3.8) is 0 Å². The molecule has 14 heavy (non-hydrogen) atoms. The molecule has 2 unspecified atom stereocenters. The van der Waals surface area contributed by atoms with Crippen LogP contribution >= 0.6 is 0 Å².